The second kappa shape index (κ2) is 5.60. The summed E-state index contributed by atoms with van der Waals surface area (Å²) in [5.41, 5.74) is 0.349. The zero-order valence-electron chi connectivity index (χ0n) is 9.30. The van der Waals surface area contributed by atoms with Crippen molar-refractivity contribution in [3.63, 3.8) is 0 Å². The van der Waals surface area contributed by atoms with E-state index in [0.717, 1.165) is 25.9 Å². The van der Waals surface area contributed by atoms with Gasteiger partial charge in [0.2, 0.25) is 0 Å². The summed E-state index contributed by atoms with van der Waals surface area (Å²) in [4.78, 5) is 11.9. The summed E-state index contributed by atoms with van der Waals surface area (Å²) < 4.78 is 13.7. The van der Waals surface area contributed by atoms with Crippen LogP contribution in [0.4, 0.5) is 4.39 Å². The molecule has 0 radical (unpaired) electrons. The van der Waals surface area contributed by atoms with Crippen LogP contribution in [-0.2, 0) is 0 Å². The molecule has 2 rings (SSSR count). The van der Waals surface area contributed by atoms with Crippen molar-refractivity contribution in [2.45, 2.75) is 18.9 Å². The lowest BCUT2D eigenvalue weighted by Gasteiger charge is -2.23. The van der Waals surface area contributed by atoms with E-state index in [0.29, 0.717) is 10.0 Å². The van der Waals surface area contributed by atoms with E-state index in [1.807, 2.05) is 0 Å². The van der Waals surface area contributed by atoms with Gasteiger partial charge in [0.25, 0.3) is 5.91 Å². The van der Waals surface area contributed by atoms with Crippen molar-refractivity contribution >= 4 is 21.8 Å². The first-order valence-corrected chi connectivity index (χ1v) is 6.42. The summed E-state index contributed by atoms with van der Waals surface area (Å²) in [6.07, 6.45) is 2.02. The van der Waals surface area contributed by atoms with Crippen LogP contribution in [0.1, 0.15) is 23.2 Å². The van der Waals surface area contributed by atoms with Crippen molar-refractivity contribution in [1.29, 1.82) is 0 Å². The van der Waals surface area contributed by atoms with Crippen LogP contribution in [0.2, 0.25) is 0 Å². The second-order valence-electron chi connectivity index (χ2n) is 4.17. The number of hydrogen-bond donors (Lipinski definition) is 2. The first kappa shape index (κ1) is 12.5. The van der Waals surface area contributed by atoms with Gasteiger partial charge in [0.05, 0.1) is 0 Å². The molecule has 5 heteroatoms. The molecule has 3 nitrogen and oxygen atoms in total. The zero-order chi connectivity index (χ0) is 12.3. The standard InChI is InChI=1S/C12H14BrFN2O/c13-9-4-8(5-10(14)6-9)12(17)16-11-2-1-3-15-7-11/h4-6,11,15H,1-3,7H2,(H,16,17). The third-order valence-corrected chi connectivity index (χ3v) is 3.21. The van der Waals surface area contributed by atoms with E-state index in [-0.39, 0.29) is 11.9 Å². The van der Waals surface area contributed by atoms with Gasteiger partial charge in [-0.2, -0.15) is 0 Å². The third-order valence-electron chi connectivity index (χ3n) is 2.76. The lowest BCUT2D eigenvalue weighted by Crippen LogP contribution is -2.45. The quantitative estimate of drug-likeness (QED) is 0.878. The Bertz CT molecular complexity index is 399. The maximum absolute atomic E-state index is 13.1. The van der Waals surface area contributed by atoms with E-state index in [1.54, 1.807) is 6.07 Å². The van der Waals surface area contributed by atoms with Crippen molar-refractivity contribution in [3.05, 3.63) is 34.1 Å². The monoisotopic (exact) mass is 300 g/mol. The number of benzene rings is 1. The average Bonchev–Trinajstić information content (AvgIpc) is 2.29. The Morgan fingerprint density at radius 1 is 1.47 bits per heavy atom. The molecular formula is C12H14BrFN2O. The maximum Gasteiger partial charge on any atom is 0.251 e. The molecule has 1 aromatic rings. The minimum absolute atomic E-state index is 0.137. The van der Waals surface area contributed by atoms with Gasteiger partial charge in [0.1, 0.15) is 5.82 Å². The fourth-order valence-electron chi connectivity index (χ4n) is 1.93. The molecule has 0 aliphatic carbocycles. The predicted octanol–water partition coefficient (Wildman–Crippen LogP) is 2.07. The van der Waals surface area contributed by atoms with E-state index in [2.05, 4.69) is 26.6 Å². The Kier molecular flexibility index (Phi) is 4.12. The molecule has 0 saturated carbocycles. The summed E-state index contributed by atoms with van der Waals surface area (Å²) >= 11 is 3.17. The molecule has 1 amide bonds. The van der Waals surface area contributed by atoms with Crippen LogP contribution < -0.4 is 10.6 Å². The minimum Gasteiger partial charge on any atom is -0.348 e. The number of halogens is 2. The van der Waals surface area contributed by atoms with Gasteiger partial charge in [0.15, 0.2) is 0 Å². The van der Waals surface area contributed by atoms with Crippen LogP contribution in [0.25, 0.3) is 0 Å². The number of carbonyl (C=O) groups excluding carboxylic acids is 1. The van der Waals surface area contributed by atoms with Crippen molar-refractivity contribution in [1.82, 2.24) is 10.6 Å². The second-order valence-corrected chi connectivity index (χ2v) is 5.09. The average molecular weight is 301 g/mol. The molecule has 17 heavy (non-hydrogen) atoms. The molecule has 1 aliphatic rings. The largest absolute Gasteiger partial charge is 0.348 e. The van der Waals surface area contributed by atoms with Gasteiger partial charge >= 0.3 is 0 Å². The first-order chi connectivity index (χ1) is 8.15. The molecule has 1 heterocycles. The summed E-state index contributed by atoms with van der Waals surface area (Å²) in [6.45, 7) is 1.78. The van der Waals surface area contributed by atoms with E-state index in [9.17, 15) is 9.18 Å². The highest BCUT2D eigenvalue weighted by atomic mass is 79.9. The zero-order valence-corrected chi connectivity index (χ0v) is 10.9. The predicted molar refractivity (Wildman–Crippen MR) is 67.5 cm³/mol. The molecule has 2 N–H and O–H groups in total. The van der Waals surface area contributed by atoms with Crippen LogP contribution in [0.3, 0.4) is 0 Å². The van der Waals surface area contributed by atoms with E-state index < -0.39 is 5.82 Å². The highest BCUT2D eigenvalue weighted by Gasteiger charge is 2.16. The van der Waals surface area contributed by atoms with E-state index >= 15 is 0 Å². The van der Waals surface area contributed by atoms with Gasteiger partial charge in [-0.05, 0) is 37.6 Å². The van der Waals surface area contributed by atoms with Crippen molar-refractivity contribution in [3.8, 4) is 0 Å². The fraction of sp³-hybridized carbons (Fsp3) is 0.417. The maximum atomic E-state index is 13.1. The topological polar surface area (TPSA) is 41.1 Å². The van der Waals surface area contributed by atoms with E-state index in [4.69, 9.17) is 0 Å². The Morgan fingerprint density at radius 3 is 2.94 bits per heavy atom. The summed E-state index contributed by atoms with van der Waals surface area (Å²) in [5, 5.41) is 6.12. The van der Waals surface area contributed by atoms with Crippen molar-refractivity contribution < 1.29 is 9.18 Å². The molecule has 1 atom stereocenters. The lowest BCUT2D eigenvalue weighted by atomic mass is 10.1. The molecular weight excluding hydrogens is 287 g/mol. The number of nitrogens with one attached hydrogen (secondary N) is 2. The summed E-state index contributed by atoms with van der Waals surface area (Å²) in [7, 11) is 0. The normalized spacial score (nSPS) is 20.0. The SMILES string of the molecule is O=C(NC1CCCNC1)c1cc(F)cc(Br)c1. The molecule has 0 aromatic heterocycles. The molecule has 0 bridgehead atoms. The molecule has 1 aliphatic heterocycles. The summed E-state index contributed by atoms with van der Waals surface area (Å²) in [5.74, 6) is -0.634. The van der Waals surface area contributed by atoms with Gasteiger partial charge in [-0.25, -0.2) is 4.39 Å². The van der Waals surface area contributed by atoms with Crippen LogP contribution in [0, 0.1) is 5.82 Å². The Morgan fingerprint density at radius 2 is 2.29 bits per heavy atom. The molecule has 1 saturated heterocycles. The highest BCUT2D eigenvalue weighted by Crippen LogP contribution is 2.15. The lowest BCUT2D eigenvalue weighted by molar-refractivity contribution is 0.0930. The highest BCUT2D eigenvalue weighted by molar-refractivity contribution is 9.10. The van der Waals surface area contributed by atoms with Crippen LogP contribution >= 0.6 is 15.9 Å². The third kappa shape index (κ3) is 3.51. The molecule has 92 valence electrons. The van der Waals surface area contributed by atoms with E-state index in [1.165, 1.54) is 12.1 Å². The van der Waals surface area contributed by atoms with Crippen molar-refractivity contribution in [2.24, 2.45) is 0 Å². The number of rotatable bonds is 2. The van der Waals surface area contributed by atoms with Crippen LogP contribution in [0.5, 0.6) is 0 Å². The van der Waals surface area contributed by atoms with Gasteiger partial charge in [-0.1, -0.05) is 15.9 Å². The Hall–Kier alpha value is -0.940. The summed E-state index contributed by atoms with van der Waals surface area (Å²) in [6, 6.07) is 4.34. The van der Waals surface area contributed by atoms with Gasteiger partial charge in [-0.15, -0.1) is 0 Å². The Balaban J connectivity index is 2.03. The molecule has 1 unspecified atom stereocenters. The number of amides is 1. The van der Waals surface area contributed by atoms with Crippen LogP contribution in [-0.4, -0.2) is 25.0 Å². The number of carbonyl (C=O) groups is 1. The van der Waals surface area contributed by atoms with Gasteiger partial charge in [0, 0.05) is 22.6 Å². The van der Waals surface area contributed by atoms with Gasteiger partial charge in [-0.3, -0.25) is 4.79 Å². The number of piperidine rings is 1. The molecule has 1 aromatic carbocycles. The smallest absolute Gasteiger partial charge is 0.251 e. The molecule has 0 spiro atoms. The Labute approximate surface area is 108 Å². The first-order valence-electron chi connectivity index (χ1n) is 5.63. The minimum atomic E-state index is -0.411. The van der Waals surface area contributed by atoms with Crippen LogP contribution in [0.15, 0.2) is 22.7 Å². The molecule has 1 fully saturated rings. The fourth-order valence-corrected chi connectivity index (χ4v) is 2.39. The van der Waals surface area contributed by atoms with Crippen molar-refractivity contribution in [2.75, 3.05) is 13.1 Å². The number of hydrogen-bond acceptors (Lipinski definition) is 2. The van der Waals surface area contributed by atoms with Gasteiger partial charge < -0.3 is 10.6 Å².